The van der Waals surface area contributed by atoms with Gasteiger partial charge in [0.25, 0.3) is 0 Å². The van der Waals surface area contributed by atoms with Gasteiger partial charge in [-0.05, 0) is 37.0 Å². The third kappa shape index (κ3) is 2.75. The molecule has 1 saturated carbocycles. The van der Waals surface area contributed by atoms with Crippen LogP contribution >= 0.6 is 0 Å². The summed E-state index contributed by atoms with van der Waals surface area (Å²) in [5.74, 6) is 0.418. The maximum atomic E-state index is 11.0. The zero-order chi connectivity index (χ0) is 11.4. The van der Waals surface area contributed by atoms with E-state index >= 15 is 0 Å². The quantitative estimate of drug-likeness (QED) is 0.815. The van der Waals surface area contributed by atoms with Crippen molar-refractivity contribution < 1.29 is 4.79 Å². The Morgan fingerprint density at radius 3 is 2.81 bits per heavy atom. The lowest BCUT2D eigenvalue weighted by Crippen LogP contribution is -2.13. The number of hydrogen-bond acceptors (Lipinski definition) is 2. The molecule has 0 bridgehead atoms. The summed E-state index contributed by atoms with van der Waals surface area (Å²) in [6, 6.07) is 7.39. The van der Waals surface area contributed by atoms with Gasteiger partial charge in [-0.3, -0.25) is 4.79 Å². The number of carbonyl (C=O) groups excluding carboxylic acids is 1. The van der Waals surface area contributed by atoms with Crippen molar-refractivity contribution in [1.82, 2.24) is 0 Å². The lowest BCUT2D eigenvalue weighted by molar-refractivity contribution is 0.100. The predicted molar refractivity (Wildman–Crippen MR) is 65.4 cm³/mol. The first-order valence-electron chi connectivity index (χ1n) is 5.89. The first-order valence-corrected chi connectivity index (χ1v) is 5.89. The Balaban J connectivity index is 1.93. The number of benzene rings is 1. The van der Waals surface area contributed by atoms with Crippen LogP contribution in [0.3, 0.4) is 0 Å². The Hall–Kier alpha value is -1.51. The van der Waals surface area contributed by atoms with Gasteiger partial charge >= 0.3 is 0 Å². The van der Waals surface area contributed by atoms with E-state index in [4.69, 9.17) is 5.73 Å². The van der Waals surface area contributed by atoms with Crippen molar-refractivity contribution in [2.75, 3.05) is 11.9 Å². The summed E-state index contributed by atoms with van der Waals surface area (Å²) in [4.78, 5) is 11.0. The molecule has 3 N–H and O–H groups in total. The average molecular weight is 218 g/mol. The lowest BCUT2D eigenvalue weighted by atomic mass is 10.1. The second-order valence-corrected chi connectivity index (χ2v) is 4.48. The highest BCUT2D eigenvalue weighted by molar-refractivity contribution is 5.93. The van der Waals surface area contributed by atoms with Gasteiger partial charge in [-0.2, -0.15) is 0 Å². The van der Waals surface area contributed by atoms with Gasteiger partial charge in [0.05, 0.1) is 0 Å². The largest absolute Gasteiger partial charge is 0.385 e. The van der Waals surface area contributed by atoms with Gasteiger partial charge < -0.3 is 11.1 Å². The number of anilines is 1. The molecular formula is C13H18N2O. The Labute approximate surface area is 96.0 Å². The smallest absolute Gasteiger partial charge is 0.248 e. The molecule has 3 nitrogen and oxygen atoms in total. The zero-order valence-corrected chi connectivity index (χ0v) is 9.41. The van der Waals surface area contributed by atoms with E-state index in [-0.39, 0.29) is 5.91 Å². The van der Waals surface area contributed by atoms with E-state index in [2.05, 4.69) is 5.32 Å². The van der Waals surface area contributed by atoms with E-state index in [0.717, 1.165) is 18.2 Å². The van der Waals surface area contributed by atoms with Crippen molar-refractivity contribution in [2.24, 2.45) is 11.7 Å². The van der Waals surface area contributed by atoms with Crippen LogP contribution in [-0.4, -0.2) is 12.5 Å². The predicted octanol–water partition coefficient (Wildman–Crippen LogP) is 2.39. The average Bonchev–Trinajstić information content (AvgIpc) is 2.79. The SMILES string of the molecule is NC(=O)c1cccc(NCC2CCCC2)c1. The molecule has 1 fully saturated rings. The maximum absolute atomic E-state index is 11.0. The van der Waals surface area contributed by atoms with Gasteiger partial charge in [0.2, 0.25) is 5.91 Å². The summed E-state index contributed by atoms with van der Waals surface area (Å²) in [6.07, 6.45) is 5.35. The van der Waals surface area contributed by atoms with Crippen molar-refractivity contribution in [3.05, 3.63) is 29.8 Å². The van der Waals surface area contributed by atoms with Crippen LogP contribution in [0.2, 0.25) is 0 Å². The topological polar surface area (TPSA) is 55.1 Å². The Bertz CT molecular complexity index is 370. The molecule has 0 saturated heterocycles. The van der Waals surface area contributed by atoms with Crippen molar-refractivity contribution in [1.29, 1.82) is 0 Å². The summed E-state index contributed by atoms with van der Waals surface area (Å²) < 4.78 is 0. The number of amides is 1. The lowest BCUT2D eigenvalue weighted by Gasteiger charge is -2.12. The summed E-state index contributed by atoms with van der Waals surface area (Å²) in [7, 11) is 0. The van der Waals surface area contributed by atoms with Crippen LogP contribution in [0.4, 0.5) is 5.69 Å². The molecule has 1 aromatic carbocycles. The highest BCUT2D eigenvalue weighted by Crippen LogP contribution is 2.25. The molecule has 0 spiro atoms. The number of nitrogens with two attached hydrogens (primary N) is 1. The van der Waals surface area contributed by atoms with Crippen molar-refractivity contribution >= 4 is 11.6 Å². The Kier molecular flexibility index (Phi) is 3.44. The van der Waals surface area contributed by atoms with E-state index < -0.39 is 0 Å². The fraction of sp³-hybridized carbons (Fsp3) is 0.462. The molecule has 0 aromatic heterocycles. The fourth-order valence-corrected chi connectivity index (χ4v) is 2.26. The molecule has 0 heterocycles. The standard InChI is InChI=1S/C13H18N2O/c14-13(16)11-6-3-7-12(8-11)15-9-10-4-1-2-5-10/h3,6-8,10,15H,1-2,4-5,9H2,(H2,14,16). The molecule has 2 rings (SSSR count). The van der Waals surface area contributed by atoms with Crippen molar-refractivity contribution in [3.8, 4) is 0 Å². The van der Waals surface area contributed by atoms with E-state index in [9.17, 15) is 4.79 Å². The Morgan fingerprint density at radius 2 is 2.12 bits per heavy atom. The molecule has 3 heteroatoms. The molecule has 86 valence electrons. The molecular weight excluding hydrogens is 200 g/mol. The molecule has 1 aliphatic rings. The number of primary amides is 1. The monoisotopic (exact) mass is 218 g/mol. The van der Waals surface area contributed by atoms with Crippen LogP contribution in [0.1, 0.15) is 36.0 Å². The summed E-state index contributed by atoms with van der Waals surface area (Å²) in [5, 5.41) is 3.37. The Morgan fingerprint density at radius 1 is 1.38 bits per heavy atom. The zero-order valence-electron chi connectivity index (χ0n) is 9.41. The van der Waals surface area contributed by atoms with Gasteiger partial charge in [-0.15, -0.1) is 0 Å². The second kappa shape index (κ2) is 5.01. The van der Waals surface area contributed by atoms with E-state index in [1.165, 1.54) is 25.7 Å². The van der Waals surface area contributed by atoms with E-state index in [1.54, 1.807) is 6.07 Å². The summed E-state index contributed by atoms with van der Waals surface area (Å²) in [6.45, 7) is 1.00. The van der Waals surface area contributed by atoms with Crippen molar-refractivity contribution in [3.63, 3.8) is 0 Å². The number of hydrogen-bond donors (Lipinski definition) is 2. The van der Waals surface area contributed by atoms with Crippen LogP contribution in [0.25, 0.3) is 0 Å². The van der Waals surface area contributed by atoms with Gasteiger partial charge in [-0.25, -0.2) is 0 Å². The molecule has 0 radical (unpaired) electrons. The van der Waals surface area contributed by atoms with E-state index in [0.29, 0.717) is 5.56 Å². The normalized spacial score (nSPS) is 16.2. The van der Waals surface area contributed by atoms with Gasteiger partial charge in [0.15, 0.2) is 0 Å². The van der Waals surface area contributed by atoms with Crippen molar-refractivity contribution in [2.45, 2.75) is 25.7 Å². The van der Waals surface area contributed by atoms with Crippen LogP contribution < -0.4 is 11.1 Å². The van der Waals surface area contributed by atoms with Gasteiger partial charge in [0, 0.05) is 17.8 Å². The van der Waals surface area contributed by atoms with Gasteiger partial charge in [-0.1, -0.05) is 18.9 Å². The minimum atomic E-state index is -0.371. The minimum absolute atomic E-state index is 0.371. The third-order valence-corrected chi connectivity index (χ3v) is 3.22. The first kappa shape index (κ1) is 11.0. The summed E-state index contributed by atoms with van der Waals surface area (Å²) in [5.41, 5.74) is 6.79. The molecule has 1 amide bonds. The minimum Gasteiger partial charge on any atom is -0.385 e. The van der Waals surface area contributed by atoms with Crippen LogP contribution in [0.15, 0.2) is 24.3 Å². The third-order valence-electron chi connectivity index (χ3n) is 3.22. The first-order chi connectivity index (χ1) is 7.75. The van der Waals surface area contributed by atoms with Crippen LogP contribution in [-0.2, 0) is 0 Å². The van der Waals surface area contributed by atoms with E-state index in [1.807, 2.05) is 18.2 Å². The van der Waals surface area contributed by atoms with Crippen LogP contribution in [0, 0.1) is 5.92 Å². The number of rotatable bonds is 4. The maximum Gasteiger partial charge on any atom is 0.248 e. The molecule has 16 heavy (non-hydrogen) atoms. The van der Waals surface area contributed by atoms with Crippen LogP contribution in [0.5, 0.6) is 0 Å². The molecule has 1 aliphatic carbocycles. The highest BCUT2D eigenvalue weighted by atomic mass is 16.1. The van der Waals surface area contributed by atoms with Gasteiger partial charge in [0.1, 0.15) is 0 Å². The number of nitrogens with one attached hydrogen (secondary N) is 1. The molecule has 0 unspecified atom stereocenters. The second-order valence-electron chi connectivity index (χ2n) is 4.48. The number of carbonyl (C=O) groups is 1. The molecule has 0 aliphatic heterocycles. The highest BCUT2D eigenvalue weighted by Gasteiger charge is 2.14. The summed E-state index contributed by atoms with van der Waals surface area (Å²) >= 11 is 0. The fourth-order valence-electron chi connectivity index (χ4n) is 2.26. The molecule has 1 aromatic rings. The molecule has 0 atom stereocenters.